The zero-order valence-corrected chi connectivity index (χ0v) is 20.3. The molecule has 0 bridgehead atoms. The highest BCUT2D eigenvalue weighted by Crippen LogP contribution is 2.27. The highest BCUT2D eigenvalue weighted by Gasteiger charge is 2.26. The number of thiazole rings is 1. The van der Waals surface area contributed by atoms with Crippen molar-refractivity contribution in [1.29, 1.82) is 0 Å². The first-order valence-corrected chi connectivity index (χ1v) is 11.8. The monoisotopic (exact) mass is 515 g/mol. The Morgan fingerprint density at radius 1 is 0.917 bits per heavy atom. The maximum atomic E-state index is 13.0. The van der Waals surface area contributed by atoms with Crippen LogP contribution in [0.4, 0.5) is 8.78 Å². The van der Waals surface area contributed by atoms with E-state index in [0.29, 0.717) is 18.1 Å². The number of pyridine rings is 2. The lowest BCUT2D eigenvalue weighted by molar-refractivity contribution is -0.152. The van der Waals surface area contributed by atoms with Crippen LogP contribution in [0.3, 0.4) is 0 Å². The zero-order chi connectivity index (χ0) is 25.9. The molecule has 0 aliphatic rings. The van der Waals surface area contributed by atoms with Crippen molar-refractivity contribution >= 4 is 33.5 Å². The van der Waals surface area contributed by atoms with Crippen LogP contribution in [0, 0.1) is 11.6 Å². The molecule has 1 aromatic carbocycles. The Balaban J connectivity index is 0.000000236. The van der Waals surface area contributed by atoms with Crippen LogP contribution in [-0.4, -0.2) is 40.1 Å². The van der Waals surface area contributed by atoms with Crippen molar-refractivity contribution in [3.05, 3.63) is 83.4 Å². The Kier molecular flexibility index (Phi) is 9.75. The fourth-order valence-electron chi connectivity index (χ4n) is 2.91. The van der Waals surface area contributed by atoms with Crippen molar-refractivity contribution in [2.45, 2.75) is 26.4 Å². The van der Waals surface area contributed by atoms with Gasteiger partial charge in [-0.25, -0.2) is 18.6 Å². The van der Waals surface area contributed by atoms with Gasteiger partial charge in [-0.2, -0.15) is 0 Å². The molecule has 0 aliphatic heterocycles. The van der Waals surface area contributed by atoms with E-state index in [1.54, 1.807) is 31.5 Å². The fraction of sp³-hybridized carbons (Fsp3) is 0.240. The van der Waals surface area contributed by atoms with Gasteiger partial charge < -0.3 is 14.2 Å². The van der Waals surface area contributed by atoms with Crippen molar-refractivity contribution in [1.82, 2.24) is 15.0 Å². The number of benzene rings is 1. The highest BCUT2D eigenvalue weighted by atomic mass is 32.1. The number of hydrogen-bond acceptors (Lipinski definition) is 9. The predicted octanol–water partition coefficient (Wildman–Crippen LogP) is 4.84. The molecule has 0 N–H and O–H groups in total. The molecule has 0 spiro atoms. The summed E-state index contributed by atoms with van der Waals surface area (Å²) in [5.74, 6) is -1.32. The van der Waals surface area contributed by atoms with Gasteiger partial charge >= 0.3 is 11.9 Å². The van der Waals surface area contributed by atoms with Crippen molar-refractivity contribution in [2.24, 2.45) is 0 Å². The van der Waals surface area contributed by atoms with E-state index in [2.05, 4.69) is 15.0 Å². The minimum absolute atomic E-state index is 0.0914. The number of fused-ring (bicyclic) bond motifs is 1. The Morgan fingerprint density at radius 2 is 1.64 bits per heavy atom. The molecule has 0 radical (unpaired) electrons. The fourth-order valence-corrected chi connectivity index (χ4v) is 3.61. The van der Waals surface area contributed by atoms with Crippen LogP contribution in [-0.2, 0) is 25.5 Å². The number of carbonyl (C=O) groups excluding carboxylic acids is 2. The first-order chi connectivity index (χ1) is 17.4. The van der Waals surface area contributed by atoms with Crippen LogP contribution in [0.25, 0.3) is 10.2 Å². The molecule has 3 aromatic heterocycles. The maximum absolute atomic E-state index is 13.0. The average Bonchev–Trinajstić information content (AvgIpc) is 3.33. The molecule has 1 atom stereocenters. The van der Waals surface area contributed by atoms with Crippen LogP contribution in [0.2, 0.25) is 0 Å². The molecule has 0 fully saturated rings. The summed E-state index contributed by atoms with van der Waals surface area (Å²) >= 11 is 1.47. The van der Waals surface area contributed by atoms with Gasteiger partial charge in [-0.05, 0) is 56.3 Å². The number of ether oxygens (including phenoxy) is 3. The SMILES string of the molecule is CCOC(=O)C(Oc1ccc2ncsc2c1)c1ccc(F)cn1.CCOC(=O)Cc1ccc(F)cn1. The molecule has 0 aliphatic carbocycles. The second-order valence-corrected chi connectivity index (χ2v) is 7.97. The average molecular weight is 516 g/mol. The van der Waals surface area contributed by atoms with Gasteiger partial charge in [-0.1, -0.05) is 0 Å². The number of rotatable bonds is 8. The van der Waals surface area contributed by atoms with E-state index in [9.17, 15) is 18.4 Å². The second-order valence-electron chi connectivity index (χ2n) is 7.08. The number of carbonyl (C=O) groups is 2. The van der Waals surface area contributed by atoms with Crippen molar-refractivity contribution < 1.29 is 32.6 Å². The summed E-state index contributed by atoms with van der Waals surface area (Å²) < 4.78 is 41.9. The lowest BCUT2D eigenvalue weighted by Gasteiger charge is -2.17. The molecule has 1 unspecified atom stereocenters. The van der Waals surface area contributed by atoms with Gasteiger partial charge in [-0.3, -0.25) is 14.8 Å². The van der Waals surface area contributed by atoms with E-state index in [0.717, 1.165) is 22.6 Å². The maximum Gasteiger partial charge on any atom is 0.353 e. The first-order valence-electron chi connectivity index (χ1n) is 10.9. The van der Waals surface area contributed by atoms with Gasteiger partial charge in [0.05, 0.1) is 59.1 Å². The zero-order valence-electron chi connectivity index (χ0n) is 19.5. The van der Waals surface area contributed by atoms with Gasteiger partial charge in [0.15, 0.2) is 0 Å². The Labute approximate surface area is 209 Å². The lowest BCUT2D eigenvalue weighted by Crippen LogP contribution is -2.22. The summed E-state index contributed by atoms with van der Waals surface area (Å²) in [6, 6.07) is 10.7. The summed E-state index contributed by atoms with van der Waals surface area (Å²) in [5.41, 5.74) is 3.39. The third-order valence-corrected chi connectivity index (χ3v) is 5.29. The number of esters is 2. The molecule has 4 rings (SSSR count). The van der Waals surface area contributed by atoms with Gasteiger partial charge in [0.1, 0.15) is 17.4 Å². The summed E-state index contributed by atoms with van der Waals surface area (Å²) in [4.78, 5) is 34.9. The van der Waals surface area contributed by atoms with Crippen LogP contribution in [0.5, 0.6) is 5.75 Å². The molecular weight excluding hydrogens is 492 g/mol. The molecule has 0 saturated heterocycles. The van der Waals surface area contributed by atoms with Gasteiger partial charge in [0.25, 0.3) is 0 Å². The van der Waals surface area contributed by atoms with Crippen molar-refractivity contribution in [2.75, 3.05) is 13.2 Å². The Bertz CT molecular complexity index is 1280. The summed E-state index contributed by atoms with van der Waals surface area (Å²) in [6.07, 6.45) is 1.15. The molecule has 0 saturated carbocycles. The Hall–Kier alpha value is -3.99. The second kappa shape index (κ2) is 13.2. The predicted molar refractivity (Wildman–Crippen MR) is 128 cm³/mol. The third kappa shape index (κ3) is 7.77. The van der Waals surface area contributed by atoms with Gasteiger partial charge in [0, 0.05) is 0 Å². The summed E-state index contributed by atoms with van der Waals surface area (Å²) in [7, 11) is 0. The van der Waals surface area contributed by atoms with Gasteiger partial charge in [0.2, 0.25) is 6.10 Å². The molecule has 36 heavy (non-hydrogen) atoms. The minimum atomic E-state index is -1.05. The van der Waals surface area contributed by atoms with Gasteiger partial charge in [-0.15, -0.1) is 11.3 Å². The summed E-state index contributed by atoms with van der Waals surface area (Å²) in [5, 5.41) is 0. The smallest absolute Gasteiger partial charge is 0.353 e. The van der Waals surface area contributed by atoms with Crippen LogP contribution in [0.1, 0.15) is 31.3 Å². The standard InChI is InChI=1S/C16H13FN2O3S.C9H10FNO2/c1-2-21-16(20)15(13-5-3-10(17)8-18-13)22-11-4-6-12-14(7-11)23-9-19-12;1-2-13-9(12)5-8-4-3-7(10)6-11-8/h3-9,15H,2H2,1H3;3-4,6H,2,5H2,1H3. The molecule has 188 valence electrons. The van der Waals surface area contributed by atoms with E-state index in [1.165, 1.54) is 35.6 Å². The highest BCUT2D eigenvalue weighted by molar-refractivity contribution is 7.16. The third-order valence-electron chi connectivity index (χ3n) is 4.50. The van der Waals surface area contributed by atoms with Crippen molar-refractivity contribution in [3.63, 3.8) is 0 Å². The lowest BCUT2D eigenvalue weighted by atomic mass is 10.2. The quantitative estimate of drug-likeness (QED) is 0.307. The van der Waals surface area contributed by atoms with E-state index in [4.69, 9.17) is 14.2 Å². The van der Waals surface area contributed by atoms with Crippen LogP contribution in [0.15, 0.2) is 60.4 Å². The molecule has 3 heterocycles. The first kappa shape index (κ1) is 26.6. The number of halogens is 2. The Morgan fingerprint density at radius 3 is 2.28 bits per heavy atom. The molecule has 8 nitrogen and oxygen atoms in total. The van der Waals surface area contributed by atoms with Crippen LogP contribution < -0.4 is 4.74 Å². The number of nitrogens with zero attached hydrogens (tertiary/aromatic N) is 3. The topological polar surface area (TPSA) is 101 Å². The van der Waals surface area contributed by atoms with E-state index in [-0.39, 0.29) is 24.7 Å². The summed E-state index contributed by atoms with van der Waals surface area (Å²) in [6.45, 7) is 4.00. The van der Waals surface area contributed by atoms with E-state index < -0.39 is 23.7 Å². The van der Waals surface area contributed by atoms with E-state index in [1.807, 2.05) is 6.07 Å². The normalized spacial score (nSPS) is 11.2. The number of aromatic nitrogens is 3. The molecule has 4 aromatic rings. The van der Waals surface area contributed by atoms with E-state index >= 15 is 0 Å². The largest absolute Gasteiger partial charge is 0.472 e. The minimum Gasteiger partial charge on any atom is -0.472 e. The van der Waals surface area contributed by atoms with Crippen LogP contribution >= 0.6 is 11.3 Å². The molecule has 0 amide bonds. The number of hydrogen-bond donors (Lipinski definition) is 0. The van der Waals surface area contributed by atoms with Crippen molar-refractivity contribution in [3.8, 4) is 5.75 Å². The molecule has 11 heteroatoms. The molecular formula is C25H23F2N3O5S.